The number of primary amides is 1. The van der Waals surface area contributed by atoms with E-state index >= 15 is 0 Å². The average Bonchev–Trinajstić information content (AvgIpc) is 3.13. The lowest BCUT2D eigenvalue weighted by molar-refractivity contribution is -0.138. The molecule has 0 spiro atoms. The highest BCUT2D eigenvalue weighted by molar-refractivity contribution is 5.95. The van der Waals surface area contributed by atoms with E-state index in [1.54, 1.807) is 6.20 Å². The van der Waals surface area contributed by atoms with E-state index in [0.717, 1.165) is 16.5 Å². The van der Waals surface area contributed by atoms with E-state index in [1.807, 2.05) is 24.3 Å². The molecule has 1 aromatic heterocycles. The summed E-state index contributed by atoms with van der Waals surface area (Å²) in [6.45, 7) is 0.759. The van der Waals surface area contributed by atoms with Crippen molar-refractivity contribution in [2.75, 3.05) is 6.54 Å². The number of carboxylic acid groups (broad SMARTS) is 1. The molecular weight excluding hydrogens is 420 g/mol. The minimum Gasteiger partial charge on any atom is -0.480 e. The molecular formula is C20H26N6O6. The maximum Gasteiger partial charge on any atom is 0.322 e. The number of carbonyl (C=O) groups is 5. The maximum atomic E-state index is 12.6. The number of amides is 4. The van der Waals surface area contributed by atoms with Gasteiger partial charge < -0.3 is 37.5 Å². The van der Waals surface area contributed by atoms with Crippen molar-refractivity contribution < 1.29 is 29.1 Å². The number of aromatic nitrogens is 1. The standard InChI is InChI=1S/C20H26N6O6/c1-10(25-19(31)13(21)7-16(22)27)18(30)26-15(20(32)24-9-17(28)29)6-11-8-23-14-5-3-2-4-12(11)14/h2-5,8,10,13,15,23H,6-7,9,21H2,1H3,(H2,22,27)(H,24,32)(H,25,31)(H,26,30)(H,28,29). The molecule has 0 fully saturated rings. The number of carboxylic acids is 1. The number of carbonyl (C=O) groups excluding carboxylic acids is 4. The van der Waals surface area contributed by atoms with Crippen LogP contribution in [0.3, 0.4) is 0 Å². The summed E-state index contributed by atoms with van der Waals surface area (Å²) in [6.07, 6.45) is 1.38. The SMILES string of the molecule is CC(NC(=O)C(N)CC(N)=O)C(=O)NC(Cc1c[nH]c2ccccc12)C(=O)NCC(=O)O. The third kappa shape index (κ3) is 6.80. The minimum atomic E-state index is -1.24. The van der Waals surface area contributed by atoms with Crippen LogP contribution >= 0.6 is 0 Å². The number of hydrogen-bond acceptors (Lipinski definition) is 6. The largest absolute Gasteiger partial charge is 0.480 e. The summed E-state index contributed by atoms with van der Waals surface area (Å²) in [7, 11) is 0. The minimum absolute atomic E-state index is 0.0725. The number of hydrogen-bond donors (Lipinski definition) is 7. The van der Waals surface area contributed by atoms with Crippen molar-refractivity contribution in [3.05, 3.63) is 36.0 Å². The maximum absolute atomic E-state index is 12.6. The summed E-state index contributed by atoms with van der Waals surface area (Å²) in [6, 6.07) is 3.95. The Morgan fingerprint density at radius 3 is 2.41 bits per heavy atom. The first-order valence-corrected chi connectivity index (χ1v) is 9.77. The number of nitrogens with two attached hydrogens (primary N) is 2. The van der Waals surface area contributed by atoms with Crippen LogP contribution < -0.4 is 27.4 Å². The molecule has 0 radical (unpaired) electrons. The molecule has 0 aliphatic carbocycles. The van der Waals surface area contributed by atoms with Gasteiger partial charge in [-0.3, -0.25) is 24.0 Å². The summed E-state index contributed by atoms with van der Waals surface area (Å²) in [5.41, 5.74) is 12.1. The van der Waals surface area contributed by atoms with Gasteiger partial charge in [-0.15, -0.1) is 0 Å². The zero-order chi connectivity index (χ0) is 23.8. The topological polar surface area (TPSA) is 209 Å². The van der Waals surface area contributed by atoms with E-state index in [4.69, 9.17) is 16.6 Å². The van der Waals surface area contributed by atoms with Crippen molar-refractivity contribution in [1.29, 1.82) is 0 Å². The molecule has 32 heavy (non-hydrogen) atoms. The number of H-pyrrole nitrogens is 1. The summed E-state index contributed by atoms with van der Waals surface area (Å²) >= 11 is 0. The Labute approximate surface area is 183 Å². The molecule has 1 aromatic carbocycles. The van der Waals surface area contributed by atoms with E-state index in [9.17, 15) is 24.0 Å². The Balaban J connectivity index is 2.12. The Bertz CT molecular complexity index is 1020. The van der Waals surface area contributed by atoms with E-state index < -0.39 is 54.3 Å². The summed E-state index contributed by atoms with van der Waals surface area (Å²) in [5, 5.41) is 16.8. The molecule has 0 aliphatic heterocycles. The number of para-hydroxylation sites is 1. The van der Waals surface area contributed by atoms with E-state index in [-0.39, 0.29) is 12.8 Å². The third-order valence-electron chi connectivity index (χ3n) is 4.66. The van der Waals surface area contributed by atoms with Gasteiger partial charge in [-0.05, 0) is 18.6 Å². The molecule has 9 N–H and O–H groups in total. The quantitative estimate of drug-likeness (QED) is 0.208. The molecule has 0 bridgehead atoms. The van der Waals surface area contributed by atoms with Gasteiger partial charge in [0.25, 0.3) is 0 Å². The van der Waals surface area contributed by atoms with E-state index in [0.29, 0.717) is 0 Å². The normalized spacial score (nSPS) is 13.6. The van der Waals surface area contributed by atoms with Gasteiger partial charge in [-0.2, -0.15) is 0 Å². The number of benzene rings is 1. The summed E-state index contributed by atoms with van der Waals surface area (Å²) in [5.74, 6) is -4.15. The fourth-order valence-corrected chi connectivity index (χ4v) is 3.01. The van der Waals surface area contributed by atoms with Crippen LogP contribution in [0.4, 0.5) is 0 Å². The van der Waals surface area contributed by atoms with Gasteiger partial charge in [0.05, 0.1) is 12.5 Å². The Morgan fingerprint density at radius 1 is 1.06 bits per heavy atom. The van der Waals surface area contributed by atoms with Crippen molar-refractivity contribution in [2.24, 2.45) is 11.5 Å². The first-order valence-electron chi connectivity index (χ1n) is 9.77. The Hall–Kier alpha value is -3.93. The van der Waals surface area contributed by atoms with Crippen LogP contribution in [0.15, 0.2) is 30.5 Å². The molecule has 172 valence electrons. The monoisotopic (exact) mass is 446 g/mol. The zero-order valence-corrected chi connectivity index (χ0v) is 17.4. The molecule has 0 saturated carbocycles. The second kappa shape index (κ2) is 10.9. The number of aromatic amines is 1. The fraction of sp³-hybridized carbons (Fsp3) is 0.350. The van der Waals surface area contributed by atoms with Crippen LogP contribution in [-0.2, 0) is 30.4 Å². The summed E-state index contributed by atoms with van der Waals surface area (Å²) in [4.78, 5) is 62.0. The molecule has 4 amide bonds. The number of rotatable bonds is 11. The average molecular weight is 446 g/mol. The smallest absolute Gasteiger partial charge is 0.322 e. The lowest BCUT2D eigenvalue weighted by Gasteiger charge is -2.22. The van der Waals surface area contributed by atoms with Crippen LogP contribution in [-0.4, -0.2) is 64.4 Å². The van der Waals surface area contributed by atoms with Crippen molar-refractivity contribution in [3.63, 3.8) is 0 Å². The Kier molecular flexibility index (Phi) is 8.30. The van der Waals surface area contributed by atoms with Crippen molar-refractivity contribution in [3.8, 4) is 0 Å². The first kappa shape index (κ1) is 24.3. The lowest BCUT2D eigenvalue weighted by Crippen LogP contribution is -2.55. The van der Waals surface area contributed by atoms with Crippen molar-refractivity contribution in [1.82, 2.24) is 20.9 Å². The lowest BCUT2D eigenvalue weighted by atomic mass is 10.0. The van der Waals surface area contributed by atoms with Gasteiger partial charge in [0.1, 0.15) is 18.6 Å². The van der Waals surface area contributed by atoms with Crippen LogP contribution in [0, 0.1) is 0 Å². The second-order valence-corrected chi connectivity index (χ2v) is 7.24. The second-order valence-electron chi connectivity index (χ2n) is 7.24. The van der Waals surface area contributed by atoms with Crippen LogP contribution in [0.5, 0.6) is 0 Å². The number of nitrogens with one attached hydrogen (secondary N) is 4. The molecule has 12 nitrogen and oxygen atoms in total. The molecule has 3 unspecified atom stereocenters. The van der Waals surface area contributed by atoms with Gasteiger partial charge in [0.2, 0.25) is 23.6 Å². The predicted octanol–water partition coefficient (Wildman–Crippen LogP) is -1.90. The highest BCUT2D eigenvalue weighted by Crippen LogP contribution is 2.19. The zero-order valence-electron chi connectivity index (χ0n) is 17.4. The Morgan fingerprint density at radius 2 is 1.75 bits per heavy atom. The molecule has 0 saturated heterocycles. The van der Waals surface area contributed by atoms with E-state index in [2.05, 4.69) is 20.9 Å². The van der Waals surface area contributed by atoms with Gasteiger partial charge in [-0.25, -0.2) is 0 Å². The van der Waals surface area contributed by atoms with Gasteiger partial charge in [0, 0.05) is 23.5 Å². The van der Waals surface area contributed by atoms with Crippen LogP contribution in [0.2, 0.25) is 0 Å². The summed E-state index contributed by atoms with van der Waals surface area (Å²) < 4.78 is 0. The van der Waals surface area contributed by atoms with Gasteiger partial charge in [-0.1, -0.05) is 18.2 Å². The first-order chi connectivity index (χ1) is 15.1. The molecule has 1 heterocycles. The predicted molar refractivity (Wildman–Crippen MR) is 114 cm³/mol. The fourth-order valence-electron chi connectivity index (χ4n) is 3.01. The molecule has 2 rings (SSSR count). The van der Waals surface area contributed by atoms with Gasteiger partial charge >= 0.3 is 5.97 Å². The highest BCUT2D eigenvalue weighted by Gasteiger charge is 2.27. The third-order valence-corrected chi connectivity index (χ3v) is 4.66. The number of fused-ring (bicyclic) bond motifs is 1. The number of aliphatic carboxylic acids is 1. The van der Waals surface area contributed by atoms with Gasteiger partial charge in [0.15, 0.2) is 0 Å². The molecule has 3 atom stereocenters. The molecule has 12 heteroatoms. The van der Waals surface area contributed by atoms with E-state index in [1.165, 1.54) is 6.92 Å². The molecule has 2 aromatic rings. The van der Waals surface area contributed by atoms with Crippen LogP contribution in [0.25, 0.3) is 10.9 Å². The highest BCUT2D eigenvalue weighted by atomic mass is 16.4. The van der Waals surface area contributed by atoms with Crippen molar-refractivity contribution in [2.45, 2.75) is 37.9 Å². The molecule has 0 aliphatic rings. The van der Waals surface area contributed by atoms with Crippen molar-refractivity contribution >= 4 is 40.5 Å². The van der Waals surface area contributed by atoms with Crippen LogP contribution in [0.1, 0.15) is 18.9 Å².